The summed E-state index contributed by atoms with van der Waals surface area (Å²) in [5, 5.41) is 11.5. The summed E-state index contributed by atoms with van der Waals surface area (Å²) in [4.78, 5) is 11.3. The molecule has 22 heavy (non-hydrogen) atoms. The Morgan fingerprint density at radius 2 is 2.09 bits per heavy atom. The molecule has 4 nitrogen and oxygen atoms in total. The van der Waals surface area contributed by atoms with Gasteiger partial charge in [-0.05, 0) is 42.3 Å². The molecule has 1 heterocycles. The van der Waals surface area contributed by atoms with Crippen molar-refractivity contribution in [3.05, 3.63) is 58.9 Å². The monoisotopic (exact) mass is 296 g/mol. The quantitative estimate of drug-likeness (QED) is 0.946. The van der Waals surface area contributed by atoms with E-state index in [2.05, 4.69) is 5.32 Å². The number of carbonyl (C=O) groups excluding carboxylic acids is 1. The molecule has 1 aliphatic heterocycles. The molecule has 0 radical (unpaired) electrons. The van der Waals surface area contributed by atoms with Gasteiger partial charge in [-0.25, -0.2) is 4.39 Å². The predicted molar refractivity (Wildman–Crippen MR) is 78.8 cm³/mol. The molecule has 0 aliphatic carbocycles. The number of halogens is 1. The second-order valence-corrected chi connectivity index (χ2v) is 5.07. The lowest BCUT2D eigenvalue weighted by Crippen LogP contribution is -2.18. The summed E-state index contributed by atoms with van der Waals surface area (Å²) in [5.41, 5.74) is 2.49. The number of amides is 1. The van der Waals surface area contributed by atoms with E-state index >= 15 is 0 Å². The van der Waals surface area contributed by atoms with Crippen LogP contribution in [0.2, 0.25) is 0 Å². The molecule has 0 unspecified atom stereocenters. The first-order chi connectivity index (χ1) is 10.7. The number of aryl methyl sites for hydroxylation is 1. The van der Waals surface area contributed by atoms with E-state index in [4.69, 9.17) is 10.00 Å². The van der Waals surface area contributed by atoms with Crippen molar-refractivity contribution in [1.82, 2.24) is 0 Å². The van der Waals surface area contributed by atoms with Gasteiger partial charge in [0.05, 0.1) is 11.6 Å². The molecule has 2 aromatic carbocycles. The Balaban J connectivity index is 1.72. The SMILES string of the molecule is N#Cc1ccc(COc2ccc3c(c2)CCC(=O)N3)c(F)c1. The van der Waals surface area contributed by atoms with E-state index in [1.54, 1.807) is 24.3 Å². The first kappa shape index (κ1) is 14.1. The van der Waals surface area contributed by atoms with Crippen molar-refractivity contribution < 1.29 is 13.9 Å². The number of anilines is 1. The molecule has 1 aliphatic rings. The summed E-state index contributed by atoms with van der Waals surface area (Å²) < 4.78 is 19.4. The fourth-order valence-corrected chi connectivity index (χ4v) is 2.34. The van der Waals surface area contributed by atoms with E-state index in [1.807, 2.05) is 12.1 Å². The van der Waals surface area contributed by atoms with Gasteiger partial charge in [-0.15, -0.1) is 0 Å². The standard InChI is InChI=1S/C17H13FN2O2/c18-15-7-11(9-19)1-2-13(15)10-22-14-4-5-16-12(8-14)3-6-17(21)20-16/h1-2,4-5,7-8H,3,6,10H2,(H,20,21). The number of nitrogens with one attached hydrogen (secondary N) is 1. The molecule has 0 bridgehead atoms. The Morgan fingerprint density at radius 3 is 2.86 bits per heavy atom. The molecule has 1 N–H and O–H groups in total. The average Bonchev–Trinajstić information content (AvgIpc) is 2.53. The lowest BCUT2D eigenvalue weighted by Gasteiger charge is -2.17. The molecule has 0 spiro atoms. The number of hydrogen-bond acceptors (Lipinski definition) is 3. The Morgan fingerprint density at radius 1 is 1.23 bits per heavy atom. The number of benzene rings is 2. The largest absolute Gasteiger partial charge is 0.489 e. The van der Waals surface area contributed by atoms with Crippen molar-refractivity contribution in [1.29, 1.82) is 5.26 Å². The van der Waals surface area contributed by atoms with E-state index in [9.17, 15) is 9.18 Å². The Kier molecular flexibility index (Phi) is 3.75. The zero-order valence-electron chi connectivity index (χ0n) is 11.7. The second-order valence-electron chi connectivity index (χ2n) is 5.07. The number of rotatable bonds is 3. The maximum atomic E-state index is 13.8. The highest BCUT2D eigenvalue weighted by atomic mass is 19.1. The third-order valence-corrected chi connectivity index (χ3v) is 3.55. The van der Waals surface area contributed by atoms with Crippen LogP contribution in [0.5, 0.6) is 5.75 Å². The number of nitriles is 1. The van der Waals surface area contributed by atoms with Crippen LogP contribution in [-0.2, 0) is 17.8 Å². The summed E-state index contributed by atoms with van der Waals surface area (Å²) in [6.07, 6.45) is 1.13. The zero-order valence-corrected chi connectivity index (χ0v) is 11.7. The molecule has 0 fully saturated rings. The van der Waals surface area contributed by atoms with Crippen LogP contribution in [0.3, 0.4) is 0 Å². The van der Waals surface area contributed by atoms with E-state index in [0.717, 1.165) is 11.3 Å². The van der Waals surface area contributed by atoms with Gasteiger partial charge >= 0.3 is 0 Å². The average molecular weight is 296 g/mol. The van der Waals surface area contributed by atoms with Crippen LogP contribution in [-0.4, -0.2) is 5.91 Å². The molecular formula is C17H13FN2O2. The van der Waals surface area contributed by atoms with Gasteiger partial charge in [0.15, 0.2) is 0 Å². The Hall–Kier alpha value is -2.87. The van der Waals surface area contributed by atoms with Crippen LogP contribution in [0.4, 0.5) is 10.1 Å². The molecule has 3 rings (SSSR count). The highest BCUT2D eigenvalue weighted by Crippen LogP contribution is 2.27. The summed E-state index contributed by atoms with van der Waals surface area (Å²) in [5.74, 6) is 0.184. The molecule has 0 aromatic heterocycles. The normalized spacial score (nSPS) is 13.0. The lowest BCUT2D eigenvalue weighted by molar-refractivity contribution is -0.116. The van der Waals surface area contributed by atoms with Gasteiger partial charge in [-0.1, -0.05) is 6.07 Å². The summed E-state index contributed by atoms with van der Waals surface area (Å²) in [6.45, 7) is 0.0860. The topological polar surface area (TPSA) is 62.1 Å². The second kappa shape index (κ2) is 5.86. The number of hydrogen-bond donors (Lipinski definition) is 1. The molecule has 0 saturated heterocycles. The molecule has 110 valence electrons. The Labute approximate surface area is 127 Å². The predicted octanol–water partition coefficient (Wildman–Crippen LogP) is 3.16. The van der Waals surface area contributed by atoms with E-state index in [1.165, 1.54) is 6.07 Å². The fraction of sp³-hybridized carbons (Fsp3) is 0.176. The first-order valence-corrected chi connectivity index (χ1v) is 6.90. The number of fused-ring (bicyclic) bond motifs is 1. The summed E-state index contributed by atoms with van der Waals surface area (Å²) in [7, 11) is 0. The van der Waals surface area contributed by atoms with Crippen LogP contribution < -0.4 is 10.1 Å². The van der Waals surface area contributed by atoms with Gasteiger partial charge < -0.3 is 10.1 Å². The van der Waals surface area contributed by atoms with Crippen molar-refractivity contribution in [2.24, 2.45) is 0 Å². The highest BCUT2D eigenvalue weighted by Gasteiger charge is 2.15. The lowest BCUT2D eigenvalue weighted by atomic mass is 10.0. The number of nitrogens with zero attached hydrogens (tertiary/aromatic N) is 1. The molecular weight excluding hydrogens is 283 g/mol. The van der Waals surface area contributed by atoms with Crippen LogP contribution in [0, 0.1) is 17.1 Å². The number of ether oxygens (including phenoxy) is 1. The van der Waals surface area contributed by atoms with Crippen molar-refractivity contribution in [3.63, 3.8) is 0 Å². The molecule has 5 heteroatoms. The highest BCUT2D eigenvalue weighted by molar-refractivity contribution is 5.93. The van der Waals surface area contributed by atoms with Crippen LogP contribution in [0.1, 0.15) is 23.1 Å². The van der Waals surface area contributed by atoms with Crippen molar-refractivity contribution >= 4 is 11.6 Å². The van der Waals surface area contributed by atoms with Gasteiger partial charge in [0.1, 0.15) is 18.2 Å². The third kappa shape index (κ3) is 2.91. The van der Waals surface area contributed by atoms with Gasteiger partial charge in [0.2, 0.25) is 5.91 Å². The van der Waals surface area contributed by atoms with Gasteiger partial charge in [0, 0.05) is 17.7 Å². The molecule has 1 amide bonds. The van der Waals surface area contributed by atoms with E-state index in [0.29, 0.717) is 24.2 Å². The minimum atomic E-state index is -0.454. The third-order valence-electron chi connectivity index (χ3n) is 3.55. The van der Waals surface area contributed by atoms with Gasteiger partial charge in [0.25, 0.3) is 0 Å². The van der Waals surface area contributed by atoms with Gasteiger partial charge in [-0.2, -0.15) is 5.26 Å². The van der Waals surface area contributed by atoms with Crippen molar-refractivity contribution in [2.75, 3.05) is 5.32 Å². The van der Waals surface area contributed by atoms with Crippen molar-refractivity contribution in [2.45, 2.75) is 19.4 Å². The number of carbonyl (C=O) groups is 1. The van der Waals surface area contributed by atoms with Crippen LogP contribution in [0.25, 0.3) is 0 Å². The molecule has 0 atom stereocenters. The Bertz CT molecular complexity index is 781. The minimum absolute atomic E-state index is 0.0147. The molecule has 0 saturated carbocycles. The maximum absolute atomic E-state index is 13.8. The first-order valence-electron chi connectivity index (χ1n) is 6.90. The maximum Gasteiger partial charge on any atom is 0.224 e. The van der Waals surface area contributed by atoms with E-state index < -0.39 is 5.82 Å². The smallest absolute Gasteiger partial charge is 0.224 e. The van der Waals surface area contributed by atoms with Crippen LogP contribution in [0.15, 0.2) is 36.4 Å². The van der Waals surface area contributed by atoms with Crippen LogP contribution >= 0.6 is 0 Å². The zero-order chi connectivity index (χ0) is 15.5. The fourth-order valence-electron chi connectivity index (χ4n) is 2.34. The van der Waals surface area contributed by atoms with E-state index in [-0.39, 0.29) is 18.1 Å². The molecule has 2 aromatic rings. The van der Waals surface area contributed by atoms with Crippen molar-refractivity contribution in [3.8, 4) is 11.8 Å². The minimum Gasteiger partial charge on any atom is -0.489 e. The summed E-state index contributed by atoms with van der Waals surface area (Å²) in [6, 6.07) is 11.6. The summed E-state index contributed by atoms with van der Waals surface area (Å²) >= 11 is 0. The van der Waals surface area contributed by atoms with Gasteiger partial charge in [-0.3, -0.25) is 4.79 Å².